The number of hydrogen-bond acceptors (Lipinski definition) is 2. The van der Waals surface area contributed by atoms with Crippen molar-refractivity contribution in [3.05, 3.63) is 0 Å². The molecule has 0 amide bonds. The van der Waals surface area contributed by atoms with Gasteiger partial charge in [-0.25, -0.2) is 0 Å². The maximum Gasteiger partial charge on any atom is 0.0212 e. The van der Waals surface area contributed by atoms with Crippen LogP contribution in [0.15, 0.2) is 0 Å². The molecule has 3 unspecified atom stereocenters. The maximum atomic E-state index is 3.92. The van der Waals surface area contributed by atoms with E-state index in [2.05, 4.69) is 37.8 Å². The van der Waals surface area contributed by atoms with Crippen LogP contribution in [-0.4, -0.2) is 23.6 Å². The molecular weight excluding hydrogens is 202 g/mol. The zero-order valence-electron chi connectivity index (χ0n) is 10.4. The normalized spacial score (nSPS) is 40.6. The second-order valence-electron chi connectivity index (χ2n) is 6.15. The van der Waals surface area contributed by atoms with Crippen LogP contribution < -0.4 is 5.32 Å². The molecule has 0 bridgehead atoms. The van der Waals surface area contributed by atoms with Crippen LogP contribution in [0.4, 0.5) is 0 Å². The van der Waals surface area contributed by atoms with E-state index in [1.165, 1.54) is 37.2 Å². The molecule has 15 heavy (non-hydrogen) atoms. The van der Waals surface area contributed by atoms with Crippen LogP contribution in [0.25, 0.3) is 0 Å². The van der Waals surface area contributed by atoms with Crippen LogP contribution in [0, 0.1) is 11.3 Å². The molecule has 1 N–H and O–H groups in total. The molecule has 0 aromatic heterocycles. The lowest BCUT2D eigenvalue weighted by atomic mass is 9.82. The van der Waals surface area contributed by atoms with Crippen molar-refractivity contribution < 1.29 is 0 Å². The van der Waals surface area contributed by atoms with Gasteiger partial charge in [0.2, 0.25) is 0 Å². The van der Waals surface area contributed by atoms with Crippen LogP contribution in [0.3, 0.4) is 0 Å². The van der Waals surface area contributed by atoms with Crippen LogP contribution in [-0.2, 0) is 0 Å². The zero-order valence-corrected chi connectivity index (χ0v) is 11.2. The summed E-state index contributed by atoms with van der Waals surface area (Å²) in [5.74, 6) is 3.62. The lowest BCUT2D eigenvalue weighted by Gasteiger charge is -2.40. The summed E-state index contributed by atoms with van der Waals surface area (Å²) in [5.41, 5.74) is 0.511. The minimum absolute atomic E-state index is 0.511. The summed E-state index contributed by atoms with van der Waals surface area (Å²) in [7, 11) is 0. The van der Waals surface area contributed by atoms with Gasteiger partial charge in [0.05, 0.1) is 0 Å². The van der Waals surface area contributed by atoms with E-state index in [0.717, 1.165) is 18.0 Å². The fourth-order valence-corrected chi connectivity index (χ4v) is 4.47. The Labute approximate surface area is 98.8 Å². The molecule has 2 fully saturated rings. The van der Waals surface area contributed by atoms with E-state index < -0.39 is 0 Å². The molecule has 1 saturated heterocycles. The molecule has 2 aliphatic rings. The molecule has 1 aliphatic heterocycles. The first kappa shape index (κ1) is 11.8. The molecule has 3 atom stereocenters. The van der Waals surface area contributed by atoms with E-state index in [0.29, 0.717) is 5.41 Å². The Bertz CT molecular complexity index is 215. The van der Waals surface area contributed by atoms with Crippen LogP contribution in [0.2, 0.25) is 0 Å². The van der Waals surface area contributed by atoms with Gasteiger partial charge in [0.15, 0.2) is 0 Å². The van der Waals surface area contributed by atoms with Crippen LogP contribution in [0.1, 0.15) is 46.5 Å². The summed E-state index contributed by atoms with van der Waals surface area (Å²) >= 11 is 2.13. The van der Waals surface area contributed by atoms with Crippen molar-refractivity contribution in [2.24, 2.45) is 11.3 Å². The largest absolute Gasteiger partial charge is 0.310 e. The zero-order chi connectivity index (χ0) is 10.9. The first-order chi connectivity index (χ1) is 7.08. The number of thioether (sulfide) groups is 1. The predicted molar refractivity (Wildman–Crippen MR) is 69.4 cm³/mol. The van der Waals surface area contributed by atoms with Crippen molar-refractivity contribution in [1.82, 2.24) is 5.32 Å². The Balaban J connectivity index is 1.87. The molecule has 1 aliphatic carbocycles. The van der Waals surface area contributed by atoms with Gasteiger partial charge in [0, 0.05) is 17.8 Å². The summed E-state index contributed by atoms with van der Waals surface area (Å²) in [4.78, 5) is 0. The van der Waals surface area contributed by atoms with Gasteiger partial charge in [0.25, 0.3) is 0 Å². The fraction of sp³-hybridized carbons (Fsp3) is 1.00. The monoisotopic (exact) mass is 227 g/mol. The number of hydrogen-bond donors (Lipinski definition) is 1. The van der Waals surface area contributed by atoms with Crippen molar-refractivity contribution in [1.29, 1.82) is 0 Å². The highest BCUT2D eigenvalue weighted by Gasteiger charge is 2.34. The third kappa shape index (κ3) is 2.91. The van der Waals surface area contributed by atoms with Crippen molar-refractivity contribution in [2.75, 3.05) is 11.5 Å². The topological polar surface area (TPSA) is 12.0 Å². The molecule has 0 aromatic carbocycles. The first-order valence-electron chi connectivity index (χ1n) is 6.42. The smallest absolute Gasteiger partial charge is 0.0212 e. The Morgan fingerprint density at radius 1 is 1.27 bits per heavy atom. The molecule has 0 radical (unpaired) electrons. The van der Waals surface area contributed by atoms with Crippen LogP contribution >= 0.6 is 11.8 Å². The molecule has 0 spiro atoms. The van der Waals surface area contributed by atoms with Gasteiger partial charge in [-0.1, -0.05) is 20.8 Å². The second kappa shape index (κ2) is 4.67. The van der Waals surface area contributed by atoms with E-state index >= 15 is 0 Å². The molecule has 1 nitrogen and oxygen atoms in total. The Kier molecular flexibility index (Phi) is 3.67. The molecular formula is C13H25NS. The van der Waals surface area contributed by atoms with Crippen molar-refractivity contribution in [3.63, 3.8) is 0 Å². The van der Waals surface area contributed by atoms with E-state index in [1.54, 1.807) is 0 Å². The highest BCUT2D eigenvalue weighted by atomic mass is 32.2. The second-order valence-corrected chi connectivity index (χ2v) is 7.30. The molecule has 88 valence electrons. The standard InChI is InChI=1S/C13H25NS/c1-10-4-5-11(8-10)14-12-9-15-7-6-13(12,2)3/h10-12,14H,4-9H2,1-3H3. The van der Waals surface area contributed by atoms with E-state index in [9.17, 15) is 0 Å². The van der Waals surface area contributed by atoms with Gasteiger partial charge in [-0.15, -0.1) is 0 Å². The number of nitrogens with one attached hydrogen (secondary N) is 1. The minimum Gasteiger partial charge on any atom is -0.310 e. The summed E-state index contributed by atoms with van der Waals surface area (Å²) in [5, 5.41) is 3.92. The molecule has 0 aromatic rings. The molecule has 2 rings (SSSR count). The Morgan fingerprint density at radius 2 is 2.07 bits per heavy atom. The molecule has 1 saturated carbocycles. The highest BCUT2D eigenvalue weighted by molar-refractivity contribution is 7.99. The maximum absolute atomic E-state index is 3.92. The first-order valence-corrected chi connectivity index (χ1v) is 7.57. The Hall–Kier alpha value is 0.310. The van der Waals surface area contributed by atoms with Gasteiger partial charge < -0.3 is 5.32 Å². The summed E-state index contributed by atoms with van der Waals surface area (Å²) < 4.78 is 0. The van der Waals surface area contributed by atoms with E-state index in [-0.39, 0.29) is 0 Å². The number of rotatable bonds is 2. The summed E-state index contributed by atoms with van der Waals surface area (Å²) in [6.07, 6.45) is 5.60. The quantitative estimate of drug-likeness (QED) is 0.777. The van der Waals surface area contributed by atoms with Crippen LogP contribution in [0.5, 0.6) is 0 Å². The lowest BCUT2D eigenvalue weighted by Crippen LogP contribution is -2.50. The van der Waals surface area contributed by atoms with Gasteiger partial charge in [-0.2, -0.15) is 11.8 Å². The van der Waals surface area contributed by atoms with Crippen molar-refractivity contribution >= 4 is 11.8 Å². The van der Waals surface area contributed by atoms with E-state index in [1.807, 2.05) is 0 Å². The lowest BCUT2D eigenvalue weighted by molar-refractivity contribution is 0.227. The van der Waals surface area contributed by atoms with Gasteiger partial charge in [-0.05, 0) is 42.8 Å². The fourth-order valence-electron chi connectivity index (χ4n) is 2.85. The summed E-state index contributed by atoms with van der Waals surface area (Å²) in [6, 6.07) is 1.55. The van der Waals surface area contributed by atoms with Crippen molar-refractivity contribution in [3.8, 4) is 0 Å². The average Bonchev–Trinajstić information content (AvgIpc) is 2.55. The van der Waals surface area contributed by atoms with Gasteiger partial charge in [0.1, 0.15) is 0 Å². The molecule has 2 heteroatoms. The summed E-state index contributed by atoms with van der Waals surface area (Å²) in [6.45, 7) is 7.26. The predicted octanol–water partition coefficient (Wildman–Crippen LogP) is 3.30. The molecule has 1 heterocycles. The minimum atomic E-state index is 0.511. The SMILES string of the molecule is CC1CCC(NC2CSCCC2(C)C)C1. The van der Waals surface area contributed by atoms with Gasteiger partial charge >= 0.3 is 0 Å². The third-order valence-electron chi connectivity index (χ3n) is 4.25. The average molecular weight is 227 g/mol. The third-order valence-corrected chi connectivity index (χ3v) is 5.31. The van der Waals surface area contributed by atoms with Crippen molar-refractivity contribution in [2.45, 2.75) is 58.5 Å². The van der Waals surface area contributed by atoms with Gasteiger partial charge in [-0.3, -0.25) is 0 Å². The van der Waals surface area contributed by atoms with E-state index in [4.69, 9.17) is 0 Å². The Morgan fingerprint density at radius 3 is 2.67 bits per heavy atom. The highest BCUT2D eigenvalue weighted by Crippen LogP contribution is 2.36.